The van der Waals surface area contributed by atoms with E-state index in [1.807, 2.05) is 11.9 Å². The number of ether oxygens (including phenoxy) is 2. The van der Waals surface area contributed by atoms with E-state index in [-0.39, 0.29) is 22.1 Å². The van der Waals surface area contributed by atoms with Gasteiger partial charge in [0.25, 0.3) is 0 Å². The summed E-state index contributed by atoms with van der Waals surface area (Å²) in [5.74, 6) is 0.275. The van der Waals surface area contributed by atoms with Crippen molar-refractivity contribution in [3.8, 4) is 22.9 Å². The average molecular weight is 428 g/mol. The Morgan fingerprint density at radius 1 is 1.24 bits per heavy atom. The number of anilines is 1. The Hall–Kier alpha value is -2.75. The standard InChI is InChI=1S/C18H17ClF3N5O2/c1-17(2)8-26(3)12-13(28-9-17)16-24-23-15(27(16)25-14(12)19)10-5-4-6-11(7-10)29-18(20,21)22/h4-7H,8-9H2,1-3H3. The molecule has 29 heavy (non-hydrogen) atoms. The second-order valence-corrected chi connectivity index (χ2v) is 7.97. The number of hydrogen-bond acceptors (Lipinski definition) is 6. The van der Waals surface area contributed by atoms with E-state index < -0.39 is 6.36 Å². The predicted molar refractivity (Wildman–Crippen MR) is 100 cm³/mol. The third kappa shape index (κ3) is 3.76. The lowest BCUT2D eigenvalue weighted by Crippen LogP contribution is -2.33. The van der Waals surface area contributed by atoms with E-state index >= 15 is 0 Å². The first-order valence-corrected chi connectivity index (χ1v) is 9.07. The van der Waals surface area contributed by atoms with E-state index in [0.717, 1.165) is 0 Å². The first kappa shape index (κ1) is 19.6. The minimum atomic E-state index is -4.80. The molecule has 1 aromatic carbocycles. The molecule has 0 radical (unpaired) electrons. The van der Waals surface area contributed by atoms with Gasteiger partial charge in [-0.15, -0.1) is 28.5 Å². The van der Waals surface area contributed by atoms with Gasteiger partial charge in [-0.05, 0) is 12.1 Å². The van der Waals surface area contributed by atoms with Gasteiger partial charge in [0.1, 0.15) is 11.4 Å². The van der Waals surface area contributed by atoms with Crippen molar-refractivity contribution >= 4 is 22.9 Å². The summed E-state index contributed by atoms with van der Waals surface area (Å²) < 4.78 is 49.0. The Kier molecular flexibility index (Phi) is 4.49. The number of nitrogens with zero attached hydrogens (tertiary/aromatic N) is 5. The second-order valence-electron chi connectivity index (χ2n) is 7.61. The third-order valence-electron chi connectivity index (χ3n) is 4.42. The monoisotopic (exact) mass is 427 g/mol. The molecular formula is C18H17ClF3N5O2. The summed E-state index contributed by atoms with van der Waals surface area (Å²) in [5.41, 5.74) is 1.12. The van der Waals surface area contributed by atoms with Crippen LogP contribution in [0.4, 0.5) is 18.9 Å². The zero-order chi connectivity index (χ0) is 21.0. The van der Waals surface area contributed by atoms with Crippen LogP contribution in [-0.2, 0) is 0 Å². The molecule has 1 aliphatic rings. The van der Waals surface area contributed by atoms with Crippen molar-refractivity contribution in [3.05, 3.63) is 29.4 Å². The molecule has 0 unspecified atom stereocenters. The minimum absolute atomic E-state index is 0.139. The van der Waals surface area contributed by atoms with Gasteiger partial charge >= 0.3 is 6.36 Å². The van der Waals surface area contributed by atoms with Crippen molar-refractivity contribution < 1.29 is 22.6 Å². The van der Waals surface area contributed by atoms with E-state index in [0.29, 0.717) is 35.8 Å². The van der Waals surface area contributed by atoms with Crippen LogP contribution in [0.15, 0.2) is 24.3 Å². The Bertz CT molecular complexity index is 1080. The first-order chi connectivity index (χ1) is 13.5. The summed E-state index contributed by atoms with van der Waals surface area (Å²) in [7, 11) is 1.88. The predicted octanol–water partition coefficient (Wildman–Crippen LogP) is 4.20. The number of rotatable bonds is 2. The summed E-state index contributed by atoms with van der Waals surface area (Å²) in [6.45, 7) is 5.25. The molecule has 0 saturated carbocycles. The van der Waals surface area contributed by atoms with Crippen LogP contribution in [0, 0.1) is 5.41 Å². The number of benzene rings is 1. The SMILES string of the molecule is CN1CC(C)(C)COc2c1c(Cl)nn1c(-c3cccc(OC(F)(F)F)c3)nnc21. The fraction of sp³-hybridized carbons (Fsp3) is 0.389. The summed E-state index contributed by atoms with van der Waals surface area (Å²) in [6.07, 6.45) is -4.80. The van der Waals surface area contributed by atoms with Gasteiger partial charge in [0.05, 0.1) is 6.61 Å². The van der Waals surface area contributed by atoms with Gasteiger partial charge in [-0.3, -0.25) is 0 Å². The zero-order valence-electron chi connectivity index (χ0n) is 15.8. The van der Waals surface area contributed by atoms with Crippen molar-refractivity contribution in [2.75, 3.05) is 25.1 Å². The molecule has 0 bridgehead atoms. The van der Waals surface area contributed by atoms with Gasteiger partial charge in [-0.2, -0.15) is 4.52 Å². The second kappa shape index (κ2) is 6.65. The molecule has 154 valence electrons. The van der Waals surface area contributed by atoms with Crippen LogP contribution in [0.1, 0.15) is 13.8 Å². The number of fused-ring (bicyclic) bond motifs is 3. The third-order valence-corrected chi connectivity index (χ3v) is 4.68. The molecule has 7 nitrogen and oxygen atoms in total. The van der Waals surface area contributed by atoms with Crippen molar-refractivity contribution in [2.45, 2.75) is 20.2 Å². The summed E-state index contributed by atoms with van der Waals surface area (Å²) in [5, 5.41) is 12.8. The highest BCUT2D eigenvalue weighted by Crippen LogP contribution is 2.41. The highest BCUT2D eigenvalue weighted by Gasteiger charge is 2.33. The van der Waals surface area contributed by atoms with Gasteiger partial charge in [-0.25, -0.2) is 0 Å². The van der Waals surface area contributed by atoms with Crippen LogP contribution in [0.3, 0.4) is 0 Å². The van der Waals surface area contributed by atoms with E-state index in [4.69, 9.17) is 16.3 Å². The smallest absolute Gasteiger partial charge is 0.487 e. The first-order valence-electron chi connectivity index (χ1n) is 8.69. The number of halogens is 4. The molecule has 4 rings (SSSR count). The number of alkyl halides is 3. The molecule has 3 heterocycles. The molecule has 3 aromatic rings. The lowest BCUT2D eigenvalue weighted by molar-refractivity contribution is -0.274. The Morgan fingerprint density at radius 3 is 2.72 bits per heavy atom. The van der Waals surface area contributed by atoms with Crippen LogP contribution in [0.25, 0.3) is 17.0 Å². The van der Waals surface area contributed by atoms with Gasteiger partial charge in [0, 0.05) is 24.6 Å². The van der Waals surface area contributed by atoms with Gasteiger partial charge in [-0.1, -0.05) is 37.6 Å². The molecule has 2 aromatic heterocycles. The lowest BCUT2D eigenvalue weighted by atomic mass is 9.94. The Balaban J connectivity index is 1.83. The van der Waals surface area contributed by atoms with Crippen LogP contribution in [0.2, 0.25) is 5.15 Å². The summed E-state index contributed by atoms with van der Waals surface area (Å²) >= 11 is 6.43. The van der Waals surface area contributed by atoms with E-state index in [1.165, 1.54) is 22.7 Å². The van der Waals surface area contributed by atoms with Gasteiger partial charge in [0.2, 0.25) is 5.65 Å². The van der Waals surface area contributed by atoms with Crippen molar-refractivity contribution in [1.82, 2.24) is 19.8 Å². The molecule has 0 aliphatic carbocycles. The number of hydrogen-bond donors (Lipinski definition) is 0. The largest absolute Gasteiger partial charge is 0.573 e. The van der Waals surface area contributed by atoms with Crippen molar-refractivity contribution in [3.63, 3.8) is 0 Å². The maximum atomic E-state index is 12.5. The van der Waals surface area contributed by atoms with Crippen LogP contribution < -0.4 is 14.4 Å². The van der Waals surface area contributed by atoms with Crippen molar-refractivity contribution in [2.24, 2.45) is 5.41 Å². The Labute approximate surface area is 169 Å². The highest BCUT2D eigenvalue weighted by molar-refractivity contribution is 6.32. The fourth-order valence-corrected chi connectivity index (χ4v) is 3.67. The molecule has 1 aliphatic heterocycles. The van der Waals surface area contributed by atoms with Crippen LogP contribution in [-0.4, -0.2) is 46.4 Å². The van der Waals surface area contributed by atoms with Crippen LogP contribution in [0.5, 0.6) is 11.5 Å². The highest BCUT2D eigenvalue weighted by atomic mass is 35.5. The molecule has 0 atom stereocenters. The maximum absolute atomic E-state index is 12.5. The van der Waals surface area contributed by atoms with Crippen LogP contribution >= 0.6 is 11.6 Å². The molecule has 0 N–H and O–H groups in total. The summed E-state index contributed by atoms with van der Waals surface area (Å²) in [6, 6.07) is 5.42. The topological polar surface area (TPSA) is 64.8 Å². The quantitative estimate of drug-likeness (QED) is 0.610. The van der Waals surface area contributed by atoms with Gasteiger partial charge < -0.3 is 14.4 Å². The lowest BCUT2D eigenvalue weighted by Gasteiger charge is -2.26. The molecular weight excluding hydrogens is 411 g/mol. The fourth-order valence-electron chi connectivity index (χ4n) is 3.36. The molecule has 0 amide bonds. The Morgan fingerprint density at radius 2 is 2.00 bits per heavy atom. The van der Waals surface area contributed by atoms with Gasteiger partial charge in [0.15, 0.2) is 16.7 Å². The zero-order valence-corrected chi connectivity index (χ0v) is 16.5. The molecule has 0 saturated heterocycles. The summed E-state index contributed by atoms with van der Waals surface area (Å²) in [4.78, 5) is 1.95. The molecule has 0 spiro atoms. The molecule has 11 heteroatoms. The van der Waals surface area contributed by atoms with E-state index in [2.05, 4.69) is 33.9 Å². The normalized spacial score (nSPS) is 16.3. The number of aromatic nitrogens is 4. The van der Waals surface area contributed by atoms with E-state index in [9.17, 15) is 13.2 Å². The average Bonchev–Trinajstić information content (AvgIpc) is 2.95. The maximum Gasteiger partial charge on any atom is 0.573 e. The molecule has 0 fully saturated rings. The van der Waals surface area contributed by atoms with E-state index in [1.54, 1.807) is 6.07 Å². The minimum Gasteiger partial charge on any atom is -0.487 e. The van der Waals surface area contributed by atoms with Crippen molar-refractivity contribution in [1.29, 1.82) is 0 Å².